The van der Waals surface area contributed by atoms with Crippen molar-refractivity contribution in [3.05, 3.63) is 0 Å². The largest absolute Gasteiger partial charge is 2.00 e. The maximum atomic E-state index is 0. The quantitative estimate of drug-likeness (QED) is 0.544. The maximum absolute atomic E-state index is 0. The molecule has 0 rings (SSSR count). The van der Waals surface area contributed by atoms with Crippen LogP contribution < -0.4 is 0 Å². The summed E-state index contributed by atoms with van der Waals surface area (Å²) in [6, 6.07) is 0. The molecule has 0 spiro atoms. The van der Waals surface area contributed by atoms with Crippen molar-refractivity contribution in [3.63, 3.8) is 0 Å². The van der Waals surface area contributed by atoms with Gasteiger partial charge in [0, 0.05) is 31.1 Å². The Labute approximate surface area is 47.7 Å². The number of hydrogen-bond donors (Lipinski definition) is 0. The van der Waals surface area contributed by atoms with Crippen LogP contribution in [0, 0.1) is 31.1 Å². The predicted molar refractivity (Wildman–Crippen MR) is 4.99 cm³/mol. The fourth-order valence-corrected chi connectivity index (χ4v) is 0. The van der Waals surface area contributed by atoms with E-state index in [1.165, 1.54) is 0 Å². The van der Waals surface area contributed by atoms with Gasteiger partial charge in [0.05, 0.1) is 0 Å². The zero-order chi connectivity index (χ0) is 0. The van der Waals surface area contributed by atoms with Gasteiger partial charge >= 0.3 is 0 Å². The van der Waals surface area contributed by atoms with Gasteiger partial charge in [0.25, 0.3) is 0 Å². The van der Waals surface area contributed by atoms with Crippen LogP contribution in [0.1, 0.15) is 0 Å². The smallest absolute Gasteiger partial charge is 0 e. The molecular weight excluding hydrogens is 286 g/mol. The molecule has 0 bridgehead atoms. The molecule has 0 heterocycles. The minimum atomic E-state index is 0. The molecule has 0 aromatic heterocycles. The van der Waals surface area contributed by atoms with Crippen molar-refractivity contribution >= 4 is 0 Å². The van der Waals surface area contributed by atoms with Crippen LogP contribution in [-0.4, -0.2) is 5.48 Å². The van der Waals surface area contributed by atoms with Gasteiger partial charge in [-0.05, 0) is 0 Å². The van der Waals surface area contributed by atoms with Gasteiger partial charge in [0.2, 0.25) is 0 Å². The van der Waals surface area contributed by atoms with E-state index < -0.39 is 0 Å². The molecule has 28 valence electrons. The van der Waals surface area contributed by atoms with Gasteiger partial charge in [0.15, 0.2) is 0 Å². The molecule has 0 aliphatic heterocycles. The van der Waals surface area contributed by atoms with Gasteiger partial charge in [-0.3, -0.25) is 0 Å². The molecule has 0 aliphatic carbocycles. The molecule has 4 heavy (non-hydrogen) atoms. The normalized spacial score (nSPS) is 0. The van der Waals surface area contributed by atoms with Crippen LogP contribution in [0.25, 0.3) is 0 Å². The molecule has 0 aliphatic rings. The summed E-state index contributed by atoms with van der Waals surface area (Å²) < 4.78 is 0. The Morgan fingerprint density at radius 2 is 0.750 bits per heavy atom. The van der Waals surface area contributed by atoms with Crippen molar-refractivity contribution in [2.24, 2.45) is 0 Å². The molecule has 3 nitrogen and oxygen atoms in total. The Morgan fingerprint density at radius 1 is 0.750 bits per heavy atom. The summed E-state index contributed by atoms with van der Waals surface area (Å²) in [6.07, 6.45) is 0. The summed E-state index contributed by atoms with van der Waals surface area (Å²) in [5.74, 6) is 0. The van der Waals surface area contributed by atoms with Crippen molar-refractivity contribution in [1.29, 1.82) is 0 Å². The number of hydrogen-bond acceptors (Lipinski definition) is 0. The fourth-order valence-electron chi connectivity index (χ4n) is 0. The molecule has 4 heteroatoms. The summed E-state index contributed by atoms with van der Waals surface area (Å²) in [5, 5.41) is 0. The molecule has 2 N–H and O–H groups in total. The molecule has 0 atom stereocenters. The van der Waals surface area contributed by atoms with Crippen molar-refractivity contribution in [2.75, 3.05) is 0 Å². The standard InChI is InChI=1S/H2O.2O.U/h1H2;;;/q;2*-2;. The fraction of sp³-hybridized carbons (Fsp3) is 0. The van der Waals surface area contributed by atoms with Gasteiger partial charge < -0.3 is 16.4 Å². The van der Waals surface area contributed by atoms with Gasteiger partial charge in [-0.15, -0.1) is 0 Å². The van der Waals surface area contributed by atoms with E-state index in [1.54, 1.807) is 0 Å². The first kappa shape index (κ1) is 87.8. The van der Waals surface area contributed by atoms with Crippen LogP contribution in [0.2, 0.25) is 0 Å². The Morgan fingerprint density at radius 3 is 0.750 bits per heavy atom. The Bertz CT molecular complexity index is 3.25. The third-order valence-electron chi connectivity index (χ3n) is 0. The first-order valence-corrected chi connectivity index (χ1v) is 0. The predicted octanol–water partition coefficient (Wildman–Crippen LogP) is -1.06. The van der Waals surface area contributed by atoms with Crippen LogP contribution >= 0.6 is 0 Å². The molecule has 0 aromatic rings. The van der Waals surface area contributed by atoms with Crippen LogP contribution in [0.5, 0.6) is 0 Å². The molecular formula is H2O3U-4. The van der Waals surface area contributed by atoms with E-state index in [9.17, 15) is 0 Å². The second-order valence-corrected chi connectivity index (χ2v) is 0. The third-order valence-corrected chi connectivity index (χ3v) is 0. The minimum Gasteiger partial charge on any atom is -2.00 e. The van der Waals surface area contributed by atoms with Crippen LogP contribution in [-0.2, 0) is 11.0 Å². The van der Waals surface area contributed by atoms with E-state index in [2.05, 4.69) is 0 Å². The topological polar surface area (TPSA) is 88.5 Å². The molecule has 0 radical (unpaired) electrons. The SMILES string of the molecule is O.[O-2].[O-2].[U]. The minimum absolute atomic E-state index is 0. The second-order valence-electron chi connectivity index (χ2n) is 0. The van der Waals surface area contributed by atoms with E-state index in [4.69, 9.17) is 0 Å². The zero-order valence-corrected chi connectivity index (χ0v) is 5.98. The van der Waals surface area contributed by atoms with Crippen molar-refractivity contribution in [3.8, 4) is 0 Å². The molecule has 0 aromatic carbocycles. The summed E-state index contributed by atoms with van der Waals surface area (Å²) in [4.78, 5) is 0. The third kappa shape index (κ3) is 12.6. The second kappa shape index (κ2) is 38.9. The molecule has 0 saturated heterocycles. The van der Waals surface area contributed by atoms with Crippen LogP contribution in [0.15, 0.2) is 0 Å². The van der Waals surface area contributed by atoms with E-state index in [1.807, 2.05) is 0 Å². The van der Waals surface area contributed by atoms with E-state index in [0.717, 1.165) is 0 Å². The van der Waals surface area contributed by atoms with Gasteiger partial charge in [-0.1, -0.05) is 0 Å². The van der Waals surface area contributed by atoms with Gasteiger partial charge in [-0.25, -0.2) is 0 Å². The summed E-state index contributed by atoms with van der Waals surface area (Å²) in [7, 11) is 0. The monoisotopic (exact) mass is 288 g/mol. The van der Waals surface area contributed by atoms with Crippen LogP contribution in [0.4, 0.5) is 0 Å². The van der Waals surface area contributed by atoms with E-state index in [0.29, 0.717) is 0 Å². The summed E-state index contributed by atoms with van der Waals surface area (Å²) >= 11 is 0. The Balaban J connectivity index is 0. The van der Waals surface area contributed by atoms with Crippen molar-refractivity contribution in [2.45, 2.75) is 0 Å². The van der Waals surface area contributed by atoms with Gasteiger partial charge in [0.1, 0.15) is 0 Å². The van der Waals surface area contributed by atoms with E-state index in [-0.39, 0.29) is 47.5 Å². The first-order chi connectivity index (χ1) is 0. The summed E-state index contributed by atoms with van der Waals surface area (Å²) in [6.45, 7) is 0. The van der Waals surface area contributed by atoms with Crippen molar-refractivity contribution in [1.82, 2.24) is 0 Å². The number of rotatable bonds is 0. The van der Waals surface area contributed by atoms with Crippen LogP contribution in [0.3, 0.4) is 0 Å². The maximum Gasteiger partial charge on any atom is 0 e. The zero-order valence-electron chi connectivity index (χ0n) is 1.82. The average molecular weight is 288 g/mol. The Hall–Kier alpha value is 0.932. The van der Waals surface area contributed by atoms with E-state index >= 15 is 0 Å². The average Bonchev–Trinajstić information content (AvgIpc) is 0. The summed E-state index contributed by atoms with van der Waals surface area (Å²) in [5.41, 5.74) is 0. The molecule has 0 saturated carbocycles. The molecule has 0 unspecified atom stereocenters. The molecule has 0 amide bonds. The first-order valence-electron chi connectivity index (χ1n) is 0. The van der Waals surface area contributed by atoms with Gasteiger partial charge in [-0.2, -0.15) is 0 Å². The Kier molecular flexibility index (Phi) is 854. The van der Waals surface area contributed by atoms with Crippen molar-refractivity contribution < 1.29 is 47.5 Å². The molecule has 0 fully saturated rings.